The Hall–Kier alpha value is -1.66. The molecule has 1 saturated heterocycles. The zero-order chi connectivity index (χ0) is 16.5. The molecule has 0 atom stereocenters. The first-order valence-corrected chi connectivity index (χ1v) is 7.54. The lowest BCUT2D eigenvalue weighted by Crippen LogP contribution is -2.42. The van der Waals surface area contributed by atoms with Gasteiger partial charge in [-0.15, -0.1) is 12.4 Å². The Morgan fingerprint density at radius 3 is 2.35 bits per heavy atom. The first-order valence-electron chi connectivity index (χ1n) is 7.54. The summed E-state index contributed by atoms with van der Waals surface area (Å²) in [5.74, 6) is -0.157. The summed E-state index contributed by atoms with van der Waals surface area (Å²) in [6.07, 6.45) is 1.54. The predicted molar refractivity (Wildman–Crippen MR) is 92.2 cm³/mol. The molecule has 1 amide bonds. The minimum absolute atomic E-state index is 0. The number of nitrogens with zero attached hydrogens (tertiary/aromatic N) is 2. The van der Waals surface area contributed by atoms with Crippen LogP contribution in [0.15, 0.2) is 18.2 Å². The molecule has 1 fully saturated rings. The SMILES string of the molecule is CC(C)(C)c1ccc(C(=O)N2CCC(N)CC2)cc1[N+](=O)[O-].Cl. The van der Waals surface area contributed by atoms with Crippen LogP contribution in [-0.4, -0.2) is 34.9 Å². The molecule has 6 nitrogen and oxygen atoms in total. The minimum Gasteiger partial charge on any atom is -0.339 e. The van der Waals surface area contributed by atoms with Gasteiger partial charge in [0.25, 0.3) is 11.6 Å². The monoisotopic (exact) mass is 341 g/mol. The maximum atomic E-state index is 12.5. The van der Waals surface area contributed by atoms with Crippen molar-refractivity contribution in [2.45, 2.75) is 45.1 Å². The Labute approximate surface area is 142 Å². The highest BCUT2D eigenvalue weighted by Crippen LogP contribution is 2.32. The predicted octanol–water partition coefficient (Wildman–Crippen LogP) is 2.88. The zero-order valence-electron chi connectivity index (χ0n) is 13.7. The largest absolute Gasteiger partial charge is 0.339 e. The number of carbonyl (C=O) groups is 1. The van der Waals surface area contributed by atoms with Gasteiger partial charge in [-0.05, 0) is 24.3 Å². The first kappa shape index (κ1) is 19.4. The van der Waals surface area contributed by atoms with Crippen LogP contribution < -0.4 is 5.73 Å². The summed E-state index contributed by atoms with van der Waals surface area (Å²) in [6, 6.07) is 4.92. The van der Waals surface area contributed by atoms with Crippen LogP contribution in [0.5, 0.6) is 0 Å². The number of carbonyl (C=O) groups excluding carboxylic acids is 1. The highest BCUT2D eigenvalue weighted by Gasteiger charge is 2.28. The third-order valence-electron chi connectivity index (χ3n) is 4.08. The number of nitro groups is 1. The molecule has 1 aromatic carbocycles. The molecule has 128 valence electrons. The third-order valence-corrected chi connectivity index (χ3v) is 4.08. The van der Waals surface area contributed by atoms with Crippen molar-refractivity contribution in [3.8, 4) is 0 Å². The fraction of sp³-hybridized carbons (Fsp3) is 0.562. The molecular weight excluding hydrogens is 318 g/mol. The number of benzene rings is 1. The molecule has 0 aromatic heterocycles. The van der Waals surface area contributed by atoms with E-state index in [1.807, 2.05) is 20.8 Å². The van der Waals surface area contributed by atoms with Crippen molar-refractivity contribution in [2.75, 3.05) is 13.1 Å². The lowest BCUT2D eigenvalue weighted by Gasteiger charge is -2.30. The number of piperidine rings is 1. The van der Waals surface area contributed by atoms with Crippen molar-refractivity contribution >= 4 is 24.0 Å². The Balaban J connectivity index is 0.00000264. The highest BCUT2D eigenvalue weighted by atomic mass is 35.5. The summed E-state index contributed by atoms with van der Waals surface area (Å²) in [5, 5.41) is 11.3. The van der Waals surface area contributed by atoms with Crippen LogP contribution in [0.3, 0.4) is 0 Å². The highest BCUT2D eigenvalue weighted by molar-refractivity contribution is 5.95. The molecular formula is C16H24ClN3O3. The molecule has 2 N–H and O–H groups in total. The van der Waals surface area contributed by atoms with Gasteiger partial charge in [-0.3, -0.25) is 14.9 Å². The number of hydrogen-bond acceptors (Lipinski definition) is 4. The fourth-order valence-electron chi connectivity index (χ4n) is 2.74. The molecule has 7 heteroatoms. The van der Waals surface area contributed by atoms with E-state index >= 15 is 0 Å². The molecule has 0 bridgehead atoms. The summed E-state index contributed by atoms with van der Waals surface area (Å²) in [4.78, 5) is 25.1. The molecule has 1 aliphatic rings. The van der Waals surface area contributed by atoms with Gasteiger partial charge in [-0.25, -0.2) is 0 Å². The smallest absolute Gasteiger partial charge is 0.273 e. The lowest BCUT2D eigenvalue weighted by atomic mass is 9.85. The van der Waals surface area contributed by atoms with Gasteiger partial charge < -0.3 is 10.6 Å². The van der Waals surface area contributed by atoms with Crippen LogP contribution in [0.25, 0.3) is 0 Å². The number of nitro benzene ring substituents is 1. The standard InChI is InChI=1S/C16H23N3O3.ClH/c1-16(2,3)13-5-4-11(10-14(13)19(21)22)15(20)18-8-6-12(17)7-9-18;/h4-5,10,12H,6-9,17H2,1-3H3;1H. The van der Waals surface area contributed by atoms with Gasteiger partial charge in [-0.1, -0.05) is 26.8 Å². The van der Waals surface area contributed by atoms with Crippen molar-refractivity contribution in [1.29, 1.82) is 0 Å². The number of halogens is 1. The second-order valence-corrected chi connectivity index (χ2v) is 6.87. The van der Waals surface area contributed by atoms with Crippen molar-refractivity contribution < 1.29 is 9.72 Å². The van der Waals surface area contributed by atoms with Crippen LogP contribution in [0.4, 0.5) is 5.69 Å². The van der Waals surface area contributed by atoms with Crippen molar-refractivity contribution in [1.82, 2.24) is 4.90 Å². The van der Waals surface area contributed by atoms with Crippen molar-refractivity contribution in [2.24, 2.45) is 5.73 Å². The molecule has 0 radical (unpaired) electrons. The first-order chi connectivity index (χ1) is 10.2. The van der Waals surface area contributed by atoms with E-state index in [1.54, 1.807) is 17.0 Å². The number of rotatable bonds is 2. The molecule has 1 aromatic rings. The van der Waals surface area contributed by atoms with E-state index in [4.69, 9.17) is 5.73 Å². The second-order valence-electron chi connectivity index (χ2n) is 6.87. The second kappa shape index (κ2) is 7.27. The van der Waals surface area contributed by atoms with E-state index in [2.05, 4.69) is 0 Å². The topological polar surface area (TPSA) is 89.5 Å². The van der Waals surface area contributed by atoms with Crippen LogP contribution in [0.2, 0.25) is 0 Å². The average molecular weight is 342 g/mol. The summed E-state index contributed by atoms with van der Waals surface area (Å²) in [7, 11) is 0. The van der Waals surface area contributed by atoms with Crippen LogP contribution >= 0.6 is 12.4 Å². The van der Waals surface area contributed by atoms with Gasteiger partial charge in [0.1, 0.15) is 0 Å². The van der Waals surface area contributed by atoms with Gasteiger partial charge in [0.05, 0.1) is 4.92 Å². The van der Waals surface area contributed by atoms with E-state index in [9.17, 15) is 14.9 Å². The van der Waals surface area contributed by atoms with Gasteiger partial charge in [0, 0.05) is 36.3 Å². The summed E-state index contributed by atoms with van der Waals surface area (Å²) in [5.41, 5.74) is 6.51. The lowest BCUT2D eigenvalue weighted by molar-refractivity contribution is -0.386. The molecule has 0 unspecified atom stereocenters. The van der Waals surface area contributed by atoms with Crippen LogP contribution in [-0.2, 0) is 5.41 Å². The van der Waals surface area contributed by atoms with Gasteiger partial charge in [0.15, 0.2) is 0 Å². The molecule has 0 saturated carbocycles. The molecule has 2 rings (SSSR count). The molecule has 1 aliphatic heterocycles. The molecule has 1 heterocycles. The molecule has 0 aliphatic carbocycles. The van der Waals surface area contributed by atoms with E-state index in [-0.39, 0.29) is 35.5 Å². The summed E-state index contributed by atoms with van der Waals surface area (Å²) >= 11 is 0. The average Bonchev–Trinajstić information content (AvgIpc) is 2.45. The number of hydrogen-bond donors (Lipinski definition) is 1. The summed E-state index contributed by atoms with van der Waals surface area (Å²) < 4.78 is 0. The van der Waals surface area contributed by atoms with Crippen LogP contribution in [0, 0.1) is 10.1 Å². The third kappa shape index (κ3) is 4.42. The maximum absolute atomic E-state index is 12.5. The number of amides is 1. The van der Waals surface area contributed by atoms with E-state index in [0.717, 1.165) is 12.8 Å². The van der Waals surface area contributed by atoms with Gasteiger partial charge in [0.2, 0.25) is 0 Å². The minimum atomic E-state index is -0.413. The van der Waals surface area contributed by atoms with E-state index < -0.39 is 4.92 Å². The Morgan fingerprint density at radius 1 is 1.30 bits per heavy atom. The Morgan fingerprint density at radius 2 is 1.87 bits per heavy atom. The van der Waals surface area contributed by atoms with Gasteiger partial charge >= 0.3 is 0 Å². The normalized spacial score (nSPS) is 15.9. The quantitative estimate of drug-likeness (QED) is 0.661. The van der Waals surface area contributed by atoms with Crippen LogP contribution in [0.1, 0.15) is 49.5 Å². The number of nitrogens with two attached hydrogens (primary N) is 1. The maximum Gasteiger partial charge on any atom is 0.273 e. The van der Waals surface area contributed by atoms with Gasteiger partial charge in [-0.2, -0.15) is 0 Å². The Bertz CT molecular complexity index is 591. The molecule has 23 heavy (non-hydrogen) atoms. The van der Waals surface area contributed by atoms with Crippen molar-refractivity contribution in [3.05, 3.63) is 39.4 Å². The zero-order valence-corrected chi connectivity index (χ0v) is 14.6. The summed E-state index contributed by atoms with van der Waals surface area (Å²) in [6.45, 7) is 6.97. The number of likely N-dealkylation sites (tertiary alicyclic amines) is 1. The van der Waals surface area contributed by atoms with E-state index in [0.29, 0.717) is 24.2 Å². The fourth-order valence-corrected chi connectivity index (χ4v) is 2.74. The van der Waals surface area contributed by atoms with Crippen molar-refractivity contribution in [3.63, 3.8) is 0 Å². The Kier molecular flexibility index (Phi) is 6.13. The molecule has 0 spiro atoms. The van der Waals surface area contributed by atoms with E-state index in [1.165, 1.54) is 6.07 Å².